The maximum atomic E-state index is 11.5. The third-order valence-corrected chi connectivity index (χ3v) is 3.60. The van der Waals surface area contributed by atoms with Crippen LogP contribution in [0.15, 0.2) is 18.1 Å². The number of hydrogen-bond donors (Lipinski definition) is 2. The second-order valence-corrected chi connectivity index (χ2v) is 6.56. The second kappa shape index (κ2) is 8.36. The van der Waals surface area contributed by atoms with Crippen molar-refractivity contribution in [3.63, 3.8) is 0 Å². The molecular weight excluding hydrogens is 312 g/mol. The minimum Gasteiger partial charge on any atom is -0.469 e. The Hall–Kier alpha value is -1.53. The Morgan fingerprint density at radius 1 is 1.43 bits per heavy atom. The predicted molar refractivity (Wildman–Crippen MR) is 95.0 cm³/mol. The Morgan fingerprint density at radius 3 is 2.61 bits per heavy atom. The molecule has 0 saturated carbocycles. The van der Waals surface area contributed by atoms with Gasteiger partial charge >= 0.3 is 0 Å². The van der Waals surface area contributed by atoms with Crippen molar-refractivity contribution in [1.29, 1.82) is 0 Å². The molecule has 1 heterocycles. The molecule has 1 aromatic heterocycles. The first-order chi connectivity index (χ1) is 10.7. The van der Waals surface area contributed by atoms with E-state index >= 15 is 0 Å². The minimum atomic E-state index is -0.444. The highest BCUT2D eigenvalue weighted by molar-refractivity contribution is 7.96. The first-order valence-corrected chi connectivity index (χ1v) is 7.93. The monoisotopic (exact) mass is 338 g/mol. The van der Waals surface area contributed by atoms with Gasteiger partial charge in [0.1, 0.15) is 5.75 Å². The molecule has 128 valence electrons. The van der Waals surface area contributed by atoms with Gasteiger partial charge in [-0.25, -0.2) is 0 Å². The predicted octanol–water partition coefficient (Wildman–Crippen LogP) is 2.91. The van der Waals surface area contributed by atoms with Crippen LogP contribution < -0.4 is 10.1 Å². The summed E-state index contributed by atoms with van der Waals surface area (Å²) in [6.45, 7) is 8.42. The zero-order valence-electron chi connectivity index (χ0n) is 14.7. The lowest BCUT2D eigenvalue weighted by molar-refractivity contribution is -0.111. The number of nitrogens with one attached hydrogen (secondary N) is 1. The van der Waals surface area contributed by atoms with Crippen LogP contribution in [-0.2, 0) is 14.9 Å². The van der Waals surface area contributed by atoms with E-state index in [2.05, 4.69) is 22.9 Å². The van der Waals surface area contributed by atoms with E-state index in [1.807, 2.05) is 46.9 Å². The van der Waals surface area contributed by atoms with E-state index in [4.69, 9.17) is 9.47 Å². The normalized spacial score (nSPS) is 12.2. The smallest absolute Gasteiger partial charge is 0.281 e. The molecule has 0 aliphatic heterocycles. The van der Waals surface area contributed by atoms with Gasteiger partial charge < -0.3 is 14.8 Å². The summed E-state index contributed by atoms with van der Waals surface area (Å²) in [5.41, 5.74) is 2.13. The van der Waals surface area contributed by atoms with Gasteiger partial charge in [0.2, 0.25) is 0 Å². The van der Waals surface area contributed by atoms with E-state index in [1.165, 1.54) is 0 Å². The molecule has 0 unspecified atom stereocenters. The van der Waals surface area contributed by atoms with Gasteiger partial charge in [-0.2, -0.15) is 0 Å². The SMILES string of the molecule is CNC/C=C(\OC)Oc1cc(C)nc(C)c1C(C)(C)CC(=O)S. The van der Waals surface area contributed by atoms with Gasteiger partial charge in [-0.1, -0.05) is 13.8 Å². The number of rotatable bonds is 8. The van der Waals surface area contributed by atoms with E-state index in [-0.39, 0.29) is 5.12 Å². The molecule has 0 atom stereocenters. The van der Waals surface area contributed by atoms with Crippen molar-refractivity contribution in [2.75, 3.05) is 20.7 Å². The van der Waals surface area contributed by atoms with Gasteiger partial charge in [-0.05, 0) is 20.9 Å². The maximum absolute atomic E-state index is 11.5. The number of nitrogens with zero attached hydrogens (tertiary/aromatic N) is 1. The van der Waals surface area contributed by atoms with Crippen LogP contribution in [0, 0.1) is 13.8 Å². The largest absolute Gasteiger partial charge is 0.469 e. The summed E-state index contributed by atoms with van der Waals surface area (Å²) in [5.74, 6) is 1.05. The summed E-state index contributed by atoms with van der Waals surface area (Å²) < 4.78 is 11.2. The fourth-order valence-corrected chi connectivity index (χ4v) is 3.02. The van der Waals surface area contributed by atoms with Crippen LogP contribution in [0.25, 0.3) is 0 Å². The van der Waals surface area contributed by atoms with Crippen LogP contribution in [0.2, 0.25) is 0 Å². The molecule has 5 nitrogen and oxygen atoms in total. The lowest BCUT2D eigenvalue weighted by Crippen LogP contribution is -2.23. The van der Waals surface area contributed by atoms with E-state index in [0.29, 0.717) is 24.7 Å². The Bertz CT molecular complexity index is 598. The van der Waals surface area contributed by atoms with Crippen LogP contribution in [0.1, 0.15) is 37.2 Å². The van der Waals surface area contributed by atoms with Gasteiger partial charge in [0.25, 0.3) is 5.95 Å². The molecule has 0 fully saturated rings. The molecule has 1 rings (SSSR count). The molecule has 0 bridgehead atoms. The topological polar surface area (TPSA) is 60.4 Å². The van der Waals surface area contributed by atoms with Crippen LogP contribution >= 0.6 is 12.6 Å². The van der Waals surface area contributed by atoms with Crippen LogP contribution in [-0.4, -0.2) is 30.8 Å². The number of aryl methyl sites for hydroxylation is 2. The van der Waals surface area contributed by atoms with Crippen LogP contribution in [0.3, 0.4) is 0 Å². The summed E-state index contributed by atoms with van der Waals surface area (Å²) in [6.07, 6.45) is 2.10. The van der Waals surface area contributed by atoms with E-state index in [1.54, 1.807) is 7.11 Å². The van der Waals surface area contributed by atoms with Gasteiger partial charge in [-0.3, -0.25) is 9.78 Å². The number of thiol groups is 1. The van der Waals surface area contributed by atoms with Gasteiger partial charge in [0.15, 0.2) is 5.12 Å². The number of ether oxygens (including phenoxy) is 2. The van der Waals surface area contributed by atoms with Crippen LogP contribution in [0.4, 0.5) is 0 Å². The van der Waals surface area contributed by atoms with Crippen molar-refractivity contribution in [3.05, 3.63) is 35.0 Å². The van der Waals surface area contributed by atoms with E-state index < -0.39 is 5.41 Å². The third-order valence-electron chi connectivity index (χ3n) is 3.45. The molecule has 0 aliphatic rings. The molecule has 0 saturated heterocycles. The van der Waals surface area contributed by atoms with Crippen LogP contribution in [0.5, 0.6) is 5.75 Å². The van der Waals surface area contributed by atoms with Gasteiger partial charge in [-0.15, -0.1) is 12.6 Å². The summed E-state index contributed by atoms with van der Waals surface area (Å²) in [7, 11) is 3.40. The Balaban J connectivity index is 3.33. The fraction of sp³-hybridized carbons (Fsp3) is 0.529. The molecule has 6 heteroatoms. The maximum Gasteiger partial charge on any atom is 0.281 e. The third kappa shape index (κ3) is 5.55. The lowest BCUT2D eigenvalue weighted by Gasteiger charge is -2.28. The zero-order chi connectivity index (χ0) is 17.6. The molecule has 1 aromatic rings. The number of methoxy groups -OCH3 is 1. The van der Waals surface area contributed by atoms with E-state index in [9.17, 15) is 4.79 Å². The zero-order valence-corrected chi connectivity index (χ0v) is 15.6. The summed E-state index contributed by atoms with van der Waals surface area (Å²) in [6, 6.07) is 1.86. The Morgan fingerprint density at radius 2 is 2.09 bits per heavy atom. The Labute approximate surface area is 143 Å². The number of pyridine rings is 1. The van der Waals surface area contributed by atoms with Crippen molar-refractivity contribution >= 4 is 17.7 Å². The number of aromatic nitrogens is 1. The second-order valence-electron chi connectivity index (χ2n) is 6.06. The van der Waals surface area contributed by atoms with Gasteiger partial charge in [0, 0.05) is 47.5 Å². The van der Waals surface area contributed by atoms with Crippen molar-refractivity contribution < 1.29 is 14.3 Å². The standard InChI is InChI=1S/C17H26N2O3S/c1-11-9-13(22-15(21-6)7-8-18-5)16(12(2)19-11)17(3,4)10-14(20)23/h7,9,18H,8,10H2,1-6H3,(H,20,23)/b15-7+. The molecule has 0 aliphatic carbocycles. The molecule has 0 amide bonds. The van der Waals surface area contributed by atoms with Crippen molar-refractivity contribution in [2.24, 2.45) is 0 Å². The average Bonchev–Trinajstić information content (AvgIpc) is 2.40. The molecule has 0 aromatic carbocycles. The summed E-state index contributed by atoms with van der Waals surface area (Å²) in [4.78, 5) is 16.0. The molecule has 0 spiro atoms. The first kappa shape index (κ1) is 19.5. The molecule has 23 heavy (non-hydrogen) atoms. The van der Waals surface area contributed by atoms with Crippen molar-refractivity contribution in [1.82, 2.24) is 10.3 Å². The highest BCUT2D eigenvalue weighted by atomic mass is 32.1. The highest BCUT2D eigenvalue weighted by Crippen LogP contribution is 2.38. The number of carbonyl (C=O) groups excluding carboxylic acids is 1. The van der Waals surface area contributed by atoms with Crippen molar-refractivity contribution in [3.8, 4) is 5.75 Å². The summed E-state index contributed by atoms with van der Waals surface area (Å²) >= 11 is 3.92. The first-order valence-electron chi connectivity index (χ1n) is 7.48. The lowest BCUT2D eigenvalue weighted by atomic mass is 9.80. The molecule has 0 radical (unpaired) electrons. The number of carbonyl (C=O) groups is 1. The van der Waals surface area contributed by atoms with Gasteiger partial charge in [0.05, 0.1) is 7.11 Å². The minimum absolute atomic E-state index is 0.168. The fourth-order valence-electron chi connectivity index (χ4n) is 2.62. The number of hydrogen-bond acceptors (Lipinski definition) is 5. The Kier molecular flexibility index (Phi) is 7.09. The number of likely N-dealkylation sites (N-methyl/N-ethyl adjacent to an activating group) is 1. The van der Waals surface area contributed by atoms with E-state index in [0.717, 1.165) is 17.0 Å². The molecular formula is C17H26N2O3S. The highest BCUT2D eigenvalue weighted by Gasteiger charge is 2.30. The molecule has 1 N–H and O–H groups in total. The quantitative estimate of drug-likeness (QED) is 0.564. The average molecular weight is 338 g/mol. The summed E-state index contributed by atoms with van der Waals surface area (Å²) in [5, 5.41) is 2.84. The van der Waals surface area contributed by atoms with Crippen molar-refractivity contribution in [2.45, 2.75) is 39.5 Å².